The van der Waals surface area contributed by atoms with Gasteiger partial charge in [-0.15, -0.1) is 0 Å². The predicted octanol–water partition coefficient (Wildman–Crippen LogP) is 2.19. The summed E-state index contributed by atoms with van der Waals surface area (Å²) in [6, 6.07) is 7.60. The number of rotatable bonds is 2. The first kappa shape index (κ1) is 13.7. The number of hydrogen-bond acceptors (Lipinski definition) is 3. The first-order valence-corrected chi connectivity index (χ1v) is 7.13. The van der Waals surface area contributed by atoms with E-state index in [1.165, 1.54) is 7.11 Å². The minimum atomic E-state index is -0.229. The lowest BCUT2D eigenvalue weighted by Gasteiger charge is -2.31. The third-order valence-electron chi connectivity index (χ3n) is 4.05. The van der Waals surface area contributed by atoms with E-state index in [9.17, 15) is 9.59 Å². The molecule has 5 nitrogen and oxygen atoms in total. The smallest absolute Gasteiger partial charge is 0.310 e. The molecule has 2 heterocycles. The van der Waals surface area contributed by atoms with E-state index < -0.39 is 0 Å². The van der Waals surface area contributed by atoms with E-state index >= 15 is 0 Å². The van der Waals surface area contributed by atoms with Gasteiger partial charge < -0.3 is 14.6 Å². The van der Waals surface area contributed by atoms with Crippen LogP contribution in [0.5, 0.6) is 0 Å². The summed E-state index contributed by atoms with van der Waals surface area (Å²) in [4.78, 5) is 29.1. The van der Waals surface area contributed by atoms with Gasteiger partial charge in [0, 0.05) is 30.4 Å². The molecule has 0 aliphatic carbocycles. The van der Waals surface area contributed by atoms with Crippen LogP contribution in [-0.4, -0.2) is 42.0 Å². The van der Waals surface area contributed by atoms with Gasteiger partial charge in [0.15, 0.2) is 0 Å². The first-order chi connectivity index (χ1) is 10.2. The van der Waals surface area contributed by atoms with Gasteiger partial charge in [0.05, 0.1) is 13.0 Å². The number of carbonyl (C=O) groups is 2. The molecule has 0 bridgehead atoms. The molecule has 21 heavy (non-hydrogen) atoms. The van der Waals surface area contributed by atoms with E-state index in [-0.39, 0.29) is 17.8 Å². The Morgan fingerprint density at radius 1 is 1.33 bits per heavy atom. The number of ether oxygens (including phenoxy) is 1. The summed E-state index contributed by atoms with van der Waals surface area (Å²) in [6.45, 7) is 1.13. The lowest BCUT2D eigenvalue weighted by Crippen LogP contribution is -2.42. The average molecular weight is 286 g/mol. The van der Waals surface area contributed by atoms with Crippen LogP contribution in [0.4, 0.5) is 0 Å². The molecule has 1 atom stereocenters. The Bertz CT molecular complexity index is 677. The zero-order valence-corrected chi connectivity index (χ0v) is 12.0. The van der Waals surface area contributed by atoms with Crippen LogP contribution in [0.3, 0.4) is 0 Å². The zero-order valence-electron chi connectivity index (χ0n) is 12.0. The third kappa shape index (κ3) is 2.63. The standard InChI is InChI=1S/C16H18N2O3/c1-21-16(20)13-3-2-8-18(10-13)15(19)12-5-4-11-6-7-17-14(11)9-12/h4-7,9,13,17H,2-3,8,10H2,1H3/t13-/m0/s1. The van der Waals surface area contributed by atoms with Gasteiger partial charge in [-0.05, 0) is 36.4 Å². The number of aromatic nitrogens is 1. The molecular formula is C16H18N2O3. The molecule has 0 unspecified atom stereocenters. The van der Waals surface area contributed by atoms with Gasteiger partial charge in [-0.25, -0.2) is 0 Å². The molecule has 1 aliphatic rings. The van der Waals surface area contributed by atoms with Crippen LogP contribution in [0.15, 0.2) is 30.5 Å². The number of H-pyrrole nitrogens is 1. The van der Waals surface area contributed by atoms with E-state index in [0.29, 0.717) is 18.7 Å². The number of aromatic amines is 1. The molecule has 2 aromatic rings. The number of fused-ring (bicyclic) bond motifs is 1. The lowest BCUT2D eigenvalue weighted by molar-refractivity contribution is -0.146. The second kappa shape index (κ2) is 5.60. The first-order valence-electron chi connectivity index (χ1n) is 7.13. The fourth-order valence-corrected chi connectivity index (χ4v) is 2.88. The summed E-state index contributed by atoms with van der Waals surface area (Å²) in [5.41, 5.74) is 1.60. The number of likely N-dealkylation sites (tertiary alicyclic amines) is 1. The quantitative estimate of drug-likeness (QED) is 0.861. The Labute approximate surface area is 122 Å². The van der Waals surface area contributed by atoms with Gasteiger partial charge >= 0.3 is 5.97 Å². The van der Waals surface area contributed by atoms with Crippen LogP contribution in [0.2, 0.25) is 0 Å². The third-order valence-corrected chi connectivity index (χ3v) is 4.05. The highest BCUT2D eigenvalue weighted by Crippen LogP contribution is 2.21. The van der Waals surface area contributed by atoms with Crippen LogP contribution in [0.1, 0.15) is 23.2 Å². The number of nitrogens with zero attached hydrogens (tertiary/aromatic N) is 1. The Morgan fingerprint density at radius 3 is 3.00 bits per heavy atom. The molecule has 0 spiro atoms. The maximum atomic E-state index is 12.6. The van der Waals surface area contributed by atoms with Crippen molar-refractivity contribution >= 4 is 22.8 Å². The number of esters is 1. The van der Waals surface area contributed by atoms with E-state index in [4.69, 9.17) is 4.74 Å². The van der Waals surface area contributed by atoms with Crippen LogP contribution in [0.25, 0.3) is 10.9 Å². The summed E-state index contributed by atoms with van der Waals surface area (Å²) < 4.78 is 4.79. The molecule has 0 radical (unpaired) electrons. The SMILES string of the molecule is COC(=O)[C@H]1CCCN(C(=O)c2ccc3cc[nH]c3c2)C1. The van der Waals surface area contributed by atoms with E-state index in [0.717, 1.165) is 23.7 Å². The summed E-state index contributed by atoms with van der Waals surface area (Å²) in [5.74, 6) is -0.464. The summed E-state index contributed by atoms with van der Waals surface area (Å²) in [6.07, 6.45) is 3.47. The highest BCUT2D eigenvalue weighted by atomic mass is 16.5. The number of carbonyl (C=O) groups excluding carboxylic acids is 2. The summed E-state index contributed by atoms with van der Waals surface area (Å²) in [5, 5.41) is 1.08. The second-order valence-electron chi connectivity index (χ2n) is 5.39. The number of piperidine rings is 1. The highest BCUT2D eigenvalue weighted by molar-refractivity contribution is 5.98. The fraction of sp³-hybridized carbons (Fsp3) is 0.375. The van der Waals surface area contributed by atoms with Crippen LogP contribution >= 0.6 is 0 Å². The van der Waals surface area contributed by atoms with Crippen molar-refractivity contribution in [1.82, 2.24) is 9.88 Å². The molecule has 1 amide bonds. The van der Waals surface area contributed by atoms with Gasteiger partial charge in [-0.2, -0.15) is 0 Å². The zero-order chi connectivity index (χ0) is 14.8. The topological polar surface area (TPSA) is 62.4 Å². The number of benzene rings is 1. The molecule has 110 valence electrons. The largest absolute Gasteiger partial charge is 0.469 e. The monoisotopic (exact) mass is 286 g/mol. The molecule has 1 aromatic heterocycles. The Hall–Kier alpha value is -2.30. The average Bonchev–Trinajstić information content (AvgIpc) is 3.01. The van der Waals surface area contributed by atoms with Crippen molar-refractivity contribution in [2.24, 2.45) is 5.92 Å². The minimum absolute atomic E-state index is 0.0277. The predicted molar refractivity (Wildman–Crippen MR) is 78.9 cm³/mol. The van der Waals surface area contributed by atoms with Crippen molar-refractivity contribution in [1.29, 1.82) is 0 Å². The van der Waals surface area contributed by atoms with Gasteiger partial charge in [-0.3, -0.25) is 9.59 Å². The highest BCUT2D eigenvalue weighted by Gasteiger charge is 2.29. The minimum Gasteiger partial charge on any atom is -0.469 e. The van der Waals surface area contributed by atoms with Crippen LogP contribution < -0.4 is 0 Å². The van der Waals surface area contributed by atoms with Crippen molar-refractivity contribution in [2.45, 2.75) is 12.8 Å². The molecule has 1 aromatic carbocycles. The van der Waals surface area contributed by atoms with Gasteiger partial charge in [-0.1, -0.05) is 6.07 Å². The maximum absolute atomic E-state index is 12.6. The normalized spacial score (nSPS) is 18.7. The molecular weight excluding hydrogens is 268 g/mol. The summed E-state index contributed by atoms with van der Waals surface area (Å²) >= 11 is 0. The number of amides is 1. The summed E-state index contributed by atoms with van der Waals surface area (Å²) in [7, 11) is 1.39. The van der Waals surface area contributed by atoms with E-state index in [2.05, 4.69) is 4.98 Å². The molecule has 0 saturated carbocycles. The Kier molecular flexibility index (Phi) is 3.64. The maximum Gasteiger partial charge on any atom is 0.310 e. The molecule has 1 aliphatic heterocycles. The van der Waals surface area contributed by atoms with Crippen molar-refractivity contribution < 1.29 is 14.3 Å². The number of nitrogens with one attached hydrogen (secondary N) is 1. The molecule has 5 heteroatoms. The van der Waals surface area contributed by atoms with Crippen molar-refractivity contribution in [3.05, 3.63) is 36.0 Å². The second-order valence-corrected chi connectivity index (χ2v) is 5.39. The molecule has 1 N–H and O–H groups in total. The van der Waals surface area contributed by atoms with E-state index in [1.807, 2.05) is 30.5 Å². The fourth-order valence-electron chi connectivity index (χ4n) is 2.88. The Morgan fingerprint density at radius 2 is 2.19 bits per heavy atom. The molecule has 1 saturated heterocycles. The molecule has 1 fully saturated rings. The van der Waals surface area contributed by atoms with Crippen LogP contribution in [-0.2, 0) is 9.53 Å². The number of hydrogen-bond donors (Lipinski definition) is 1. The number of methoxy groups -OCH3 is 1. The van der Waals surface area contributed by atoms with Gasteiger partial charge in [0.25, 0.3) is 5.91 Å². The van der Waals surface area contributed by atoms with Gasteiger partial charge in [0.2, 0.25) is 0 Å². The van der Waals surface area contributed by atoms with E-state index in [1.54, 1.807) is 4.90 Å². The van der Waals surface area contributed by atoms with Gasteiger partial charge in [0.1, 0.15) is 0 Å². The van der Waals surface area contributed by atoms with Crippen molar-refractivity contribution in [3.8, 4) is 0 Å². The lowest BCUT2D eigenvalue weighted by atomic mass is 9.97. The van der Waals surface area contributed by atoms with Crippen molar-refractivity contribution in [3.63, 3.8) is 0 Å². The molecule has 3 rings (SSSR count). The Balaban J connectivity index is 1.78. The van der Waals surface area contributed by atoms with Crippen LogP contribution in [0, 0.1) is 5.92 Å². The van der Waals surface area contributed by atoms with Crippen molar-refractivity contribution in [2.75, 3.05) is 20.2 Å².